The highest BCUT2D eigenvalue weighted by Gasteiger charge is 2.33. The van der Waals surface area contributed by atoms with Crippen LogP contribution in [-0.2, 0) is 6.18 Å². The highest BCUT2D eigenvalue weighted by molar-refractivity contribution is 5.96. The summed E-state index contributed by atoms with van der Waals surface area (Å²) in [6.45, 7) is 0. The molecule has 0 unspecified atom stereocenters. The van der Waals surface area contributed by atoms with Gasteiger partial charge in [0.05, 0.1) is 5.52 Å². The van der Waals surface area contributed by atoms with E-state index in [2.05, 4.69) is 0 Å². The van der Waals surface area contributed by atoms with Crippen molar-refractivity contribution >= 4 is 16.3 Å². The first-order chi connectivity index (χ1) is 8.47. The molecule has 0 aliphatic carbocycles. The summed E-state index contributed by atoms with van der Waals surface area (Å²) in [6, 6.07) is 7.83. The lowest BCUT2D eigenvalue weighted by Gasteiger charge is -2.12. The number of benzene rings is 1. The molecule has 2 heterocycles. The van der Waals surface area contributed by atoms with Gasteiger partial charge < -0.3 is 4.40 Å². The van der Waals surface area contributed by atoms with E-state index in [9.17, 15) is 17.6 Å². The van der Waals surface area contributed by atoms with Crippen molar-refractivity contribution in [3.05, 3.63) is 54.1 Å². The smallest absolute Gasteiger partial charge is 0.312 e. The summed E-state index contributed by atoms with van der Waals surface area (Å²) in [5.74, 6) is -0.467. The van der Waals surface area contributed by atoms with Crippen molar-refractivity contribution in [3.8, 4) is 0 Å². The zero-order valence-electron chi connectivity index (χ0n) is 9.00. The molecule has 1 aromatic carbocycles. The Morgan fingerprint density at radius 2 is 1.78 bits per heavy atom. The molecule has 5 heteroatoms. The summed E-state index contributed by atoms with van der Waals surface area (Å²) >= 11 is 0. The van der Waals surface area contributed by atoms with Crippen molar-refractivity contribution in [2.24, 2.45) is 0 Å². The molecule has 0 radical (unpaired) electrons. The van der Waals surface area contributed by atoms with Crippen LogP contribution in [0.1, 0.15) is 5.69 Å². The molecule has 1 nitrogen and oxygen atoms in total. The van der Waals surface area contributed by atoms with Gasteiger partial charge in [0.25, 0.3) is 0 Å². The lowest BCUT2D eigenvalue weighted by molar-refractivity contribution is -0.141. The van der Waals surface area contributed by atoms with Crippen LogP contribution in [0, 0.1) is 5.82 Å². The minimum atomic E-state index is -4.44. The molecule has 0 amide bonds. The number of fused-ring (bicyclic) bond motifs is 3. The Labute approximate surface area is 99.3 Å². The van der Waals surface area contributed by atoms with Crippen LogP contribution in [-0.4, -0.2) is 4.40 Å². The maximum atomic E-state index is 13.2. The number of hydrogen-bond donors (Lipinski definition) is 0. The number of rotatable bonds is 0. The molecule has 3 aromatic rings. The molecule has 0 aliphatic heterocycles. The number of nitrogens with zero attached hydrogens (tertiary/aromatic N) is 1. The number of aromatic nitrogens is 1. The Balaban J connectivity index is 2.51. The molecular formula is C13H7F4N. The third-order valence-corrected chi connectivity index (χ3v) is 2.88. The van der Waals surface area contributed by atoms with E-state index in [1.54, 1.807) is 0 Å². The Bertz CT molecular complexity index is 740. The van der Waals surface area contributed by atoms with E-state index in [1.165, 1.54) is 30.5 Å². The Kier molecular flexibility index (Phi) is 2.14. The minimum Gasteiger partial charge on any atom is -0.312 e. The molecule has 0 saturated heterocycles. The van der Waals surface area contributed by atoms with Crippen LogP contribution in [0.2, 0.25) is 0 Å². The quantitative estimate of drug-likeness (QED) is 0.527. The van der Waals surface area contributed by atoms with Gasteiger partial charge in [0, 0.05) is 11.6 Å². The van der Waals surface area contributed by atoms with E-state index in [1.807, 2.05) is 0 Å². The SMILES string of the molecule is Fc1ccc2cc(C(F)(F)F)n3cccc3c2c1. The molecule has 0 atom stereocenters. The van der Waals surface area contributed by atoms with Crippen LogP contribution in [0.3, 0.4) is 0 Å². The molecule has 0 saturated carbocycles. The maximum absolute atomic E-state index is 13.2. The third kappa shape index (κ3) is 1.54. The predicted molar refractivity (Wildman–Crippen MR) is 59.9 cm³/mol. The van der Waals surface area contributed by atoms with E-state index < -0.39 is 17.7 Å². The lowest BCUT2D eigenvalue weighted by Crippen LogP contribution is -2.11. The van der Waals surface area contributed by atoms with Gasteiger partial charge in [0.15, 0.2) is 0 Å². The highest BCUT2D eigenvalue weighted by atomic mass is 19.4. The number of pyridine rings is 1. The van der Waals surface area contributed by atoms with E-state index >= 15 is 0 Å². The van der Waals surface area contributed by atoms with Crippen molar-refractivity contribution in [2.45, 2.75) is 6.18 Å². The molecule has 2 aromatic heterocycles. The summed E-state index contributed by atoms with van der Waals surface area (Å²) in [5.41, 5.74) is -0.416. The van der Waals surface area contributed by atoms with E-state index in [4.69, 9.17) is 0 Å². The van der Waals surface area contributed by atoms with Crippen molar-refractivity contribution < 1.29 is 17.6 Å². The Morgan fingerprint density at radius 1 is 1.00 bits per heavy atom. The fourth-order valence-electron chi connectivity index (χ4n) is 2.12. The molecule has 92 valence electrons. The molecule has 0 N–H and O–H groups in total. The van der Waals surface area contributed by atoms with Gasteiger partial charge in [-0.2, -0.15) is 13.2 Å². The van der Waals surface area contributed by atoms with Crippen molar-refractivity contribution in [2.75, 3.05) is 0 Å². The summed E-state index contributed by atoms with van der Waals surface area (Å²) in [4.78, 5) is 0. The molecule has 0 aliphatic rings. The second kappa shape index (κ2) is 3.48. The van der Waals surface area contributed by atoms with Gasteiger partial charge in [-0.1, -0.05) is 6.07 Å². The average molecular weight is 253 g/mol. The van der Waals surface area contributed by atoms with Crippen LogP contribution in [0.15, 0.2) is 42.6 Å². The van der Waals surface area contributed by atoms with Crippen molar-refractivity contribution in [3.63, 3.8) is 0 Å². The molecule has 0 fully saturated rings. The lowest BCUT2D eigenvalue weighted by atomic mass is 10.1. The molecule has 18 heavy (non-hydrogen) atoms. The topological polar surface area (TPSA) is 4.41 Å². The molecule has 0 bridgehead atoms. The summed E-state index contributed by atoms with van der Waals surface area (Å²) < 4.78 is 52.9. The summed E-state index contributed by atoms with van der Waals surface area (Å²) in [7, 11) is 0. The van der Waals surface area contributed by atoms with Gasteiger partial charge >= 0.3 is 6.18 Å². The second-order valence-electron chi connectivity index (χ2n) is 4.02. The van der Waals surface area contributed by atoms with Gasteiger partial charge in [0.1, 0.15) is 11.5 Å². The molecular weight excluding hydrogens is 246 g/mol. The Hall–Kier alpha value is -2.04. The van der Waals surface area contributed by atoms with Crippen LogP contribution >= 0.6 is 0 Å². The number of hydrogen-bond acceptors (Lipinski definition) is 0. The van der Waals surface area contributed by atoms with Crippen molar-refractivity contribution in [1.82, 2.24) is 4.40 Å². The zero-order valence-corrected chi connectivity index (χ0v) is 9.00. The number of alkyl halides is 3. The van der Waals surface area contributed by atoms with Crippen LogP contribution in [0.5, 0.6) is 0 Å². The largest absolute Gasteiger partial charge is 0.431 e. The average Bonchev–Trinajstić information content (AvgIpc) is 2.75. The normalized spacial score (nSPS) is 12.4. The monoisotopic (exact) mass is 253 g/mol. The first kappa shape index (κ1) is 11.1. The summed E-state index contributed by atoms with van der Waals surface area (Å²) in [5, 5.41) is 0.836. The van der Waals surface area contributed by atoms with Gasteiger partial charge in [-0.15, -0.1) is 0 Å². The van der Waals surface area contributed by atoms with Crippen LogP contribution in [0.25, 0.3) is 16.3 Å². The fourth-order valence-corrected chi connectivity index (χ4v) is 2.12. The predicted octanol–water partition coefficient (Wildman–Crippen LogP) is 4.25. The molecule has 3 rings (SSSR count). The van der Waals surface area contributed by atoms with Crippen LogP contribution in [0.4, 0.5) is 17.6 Å². The summed E-state index contributed by atoms with van der Waals surface area (Å²) in [6.07, 6.45) is -3.12. The van der Waals surface area contributed by atoms with Gasteiger partial charge in [-0.25, -0.2) is 4.39 Å². The first-order valence-corrected chi connectivity index (χ1v) is 5.23. The first-order valence-electron chi connectivity index (χ1n) is 5.23. The fraction of sp³-hybridized carbons (Fsp3) is 0.0769. The minimum absolute atomic E-state index is 0.347. The van der Waals surface area contributed by atoms with E-state index in [-0.39, 0.29) is 0 Å². The van der Waals surface area contributed by atoms with Crippen LogP contribution < -0.4 is 0 Å². The van der Waals surface area contributed by atoms with E-state index in [0.717, 1.165) is 16.5 Å². The van der Waals surface area contributed by atoms with Gasteiger partial charge in [-0.3, -0.25) is 0 Å². The standard InChI is InChI=1S/C13H7F4N/c14-9-4-3-8-6-12(13(15,16)17)18-5-1-2-11(18)10(8)7-9/h1-7H. The molecule has 0 spiro atoms. The number of halogens is 4. The maximum Gasteiger partial charge on any atom is 0.431 e. The van der Waals surface area contributed by atoms with Crippen molar-refractivity contribution in [1.29, 1.82) is 0 Å². The van der Waals surface area contributed by atoms with Gasteiger partial charge in [0.2, 0.25) is 0 Å². The third-order valence-electron chi connectivity index (χ3n) is 2.88. The van der Waals surface area contributed by atoms with E-state index in [0.29, 0.717) is 16.3 Å². The zero-order chi connectivity index (χ0) is 12.9. The van der Waals surface area contributed by atoms with Gasteiger partial charge in [-0.05, 0) is 35.7 Å². The Morgan fingerprint density at radius 3 is 2.50 bits per heavy atom. The highest BCUT2D eigenvalue weighted by Crippen LogP contribution is 2.33. The second-order valence-corrected chi connectivity index (χ2v) is 4.02.